The van der Waals surface area contributed by atoms with Gasteiger partial charge in [0.1, 0.15) is 0 Å². The van der Waals surface area contributed by atoms with E-state index in [1.54, 1.807) is 0 Å². The molecule has 2 unspecified atom stereocenters. The van der Waals surface area contributed by atoms with Crippen molar-refractivity contribution in [1.29, 1.82) is 0 Å². The minimum Gasteiger partial charge on any atom is -0.253 e. The fraction of sp³-hybridized carbons (Fsp3) is 0.0930. The van der Waals surface area contributed by atoms with Gasteiger partial charge in [-0.3, -0.25) is 15.0 Å². The summed E-state index contributed by atoms with van der Waals surface area (Å²) in [6.45, 7) is 4.22. The molecule has 0 fully saturated rings. The Hall–Kier alpha value is -5.67. The first-order valence-electron chi connectivity index (χ1n) is 15.9. The number of fused-ring (bicyclic) bond motifs is 2. The van der Waals surface area contributed by atoms with Crippen LogP contribution in [0.15, 0.2) is 167 Å². The van der Waals surface area contributed by atoms with Crippen LogP contribution in [0.1, 0.15) is 63.3 Å². The zero-order chi connectivity index (χ0) is 31.0. The van der Waals surface area contributed by atoms with Crippen LogP contribution in [0.2, 0.25) is 0 Å². The van der Waals surface area contributed by atoms with Gasteiger partial charge in [0.2, 0.25) is 0 Å². The normalized spacial score (nSPS) is 16.9. The van der Waals surface area contributed by atoms with Crippen LogP contribution in [0.3, 0.4) is 0 Å². The second-order valence-corrected chi connectivity index (χ2v) is 12.1. The molecule has 3 nitrogen and oxygen atoms in total. The Labute approximate surface area is 270 Å². The number of hydrogen-bond acceptors (Lipinski definition) is 3. The van der Waals surface area contributed by atoms with E-state index in [4.69, 9.17) is 15.0 Å². The van der Waals surface area contributed by atoms with Crippen molar-refractivity contribution in [2.75, 3.05) is 0 Å². The lowest BCUT2D eigenvalue weighted by Crippen LogP contribution is -2.16. The molecular formula is C43H33N3. The summed E-state index contributed by atoms with van der Waals surface area (Å²) in [5.41, 5.74) is 15.4. The van der Waals surface area contributed by atoms with Gasteiger partial charge in [-0.2, -0.15) is 0 Å². The predicted octanol–water partition coefficient (Wildman–Crippen LogP) is 10.7. The summed E-state index contributed by atoms with van der Waals surface area (Å²) < 4.78 is 0. The minimum absolute atomic E-state index is 0.0294. The van der Waals surface area contributed by atoms with E-state index in [1.807, 2.05) is 6.07 Å². The van der Waals surface area contributed by atoms with Gasteiger partial charge in [0.15, 0.2) is 0 Å². The SMILES string of the molecule is CC(=Nc1ccccc1C)c1cc(C2=Nc3ccccc3C2c2ccccc2)cc(C2=Nc3ccccc3C2c2ccccc2)c1. The van der Waals surface area contributed by atoms with Crippen LogP contribution >= 0.6 is 0 Å². The quantitative estimate of drug-likeness (QED) is 0.173. The highest BCUT2D eigenvalue weighted by Crippen LogP contribution is 2.44. The average Bonchev–Trinajstić information content (AvgIpc) is 3.69. The number of benzene rings is 6. The molecule has 46 heavy (non-hydrogen) atoms. The molecule has 8 rings (SSSR count). The fourth-order valence-corrected chi connectivity index (χ4v) is 6.84. The van der Waals surface area contributed by atoms with Crippen LogP contribution in [0.4, 0.5) is 17.1 Å². The van der Waals surface area contributed by atoms with E-state index in [0.717, 1.165) is 56.5 Å². The van der Waals surface area contributed by atoms with Crippen molar-refractivity contribution in [2.24, 2.45) is 15.0 Å². The van der Waals surface area contributed by atoms with Gasteiger partial charge in [-0.1, -0.05) is 115 Å². The van der Waals surface area contributed by atoms with Crippen LogP contribution < -0.4 is 0 Å². The van der Waals surface area contributed by atoms with Crippen molar-refractivity contribution in [3.63, 3.8) is 0 Å². The van der Waals surface area contributed by atoms with Crippen LogP contribution in [-0.4, -0.2) is 17.1 Å². The second kappa shape index (κ2) is 11.7. The molecule has 0 aromatic heterocycles. The van der Waals surface area contributed by atoms with Crippen LogP contribution in [-0.2, 0) is 0 Å². The molecule has 0 aliphatic carbocycles. The standard InChI is InChI=1S/C43H33N3/c1-28-15-9-12-22-37(28)44-29(2)32-25-33(42-40(30-16-5-3-6-17-30)35-20-10-13-23-38(35)45-42)27-34(26-32)43-41(31-18-7-4-8-19-31)36-21-11-14-24-39(36)46-43/h3-27,40-41H,1-2H3. The summed E-state index contributed by atoms with van der Waals surface area (Å²) in [5, 5.41) is 0. The van der Waals surface area contributed by atoms with E-state index < -0.39 is 0 Å². The van der Waals surface area contributed by atoms with Crippen molar-refractivity contribution in [3.8, 4) is 0 Å². The first-order valence-corrected chi connectivity index (χ1v) is 15.9. The molecular weight excluding hydrogens is 558 g/mol. The van der Waals surface area contributed by atoms with Gasteiger partial charge < -0.3 is 0 Å². The Morgan fingerprint density at radius 2 is 0.978 bits per heavy atom. The Kier molecular flexibility index (Phi) is 7.07. The lowest BCUT2D eigenvalue weighted by Gasteiger charge is -2.20. The molecule has 0 bridgehead atoms. The molecule has 0 saturated carbocycles. The number of nitrogens with zero attached hydrogens (tertiary/aromatic N) is 3. The molecule has 0 amide bonds. The predicted molar refractivity (Wildman–Crippen MR) is 191 cm³/mol. The molecule has 0 N–H and O–H groups in total. The number of aliphatic imine (C=N–C) groups is 3. The molecule has 2 heterocycles. The summed E-state index contributed by atoms with van der Waals surface area (Å²) in [6.07, 6.45) is 0. The number of para-hydroxylation sites is 3. The van der Waals surface area contributed by atoms with Crippen molar-refractivity contribution in [1.82, 2.24) is 0 Å². The Bertz CT molecular complexity index is 2050. The molecule has 0 radical (unpaired) electrons. The van der Waals surface area contributed by atoms with Gasteiger partial charge in [0.05, 0.1) is 40.3 Å². The lowest BCUT2D eigenvalue weighted by atomic mass is 9.82. The number of hydrogen-bond donors (Lipinski definition) is 0. The molecule has 3 heteroatoms. The third-order valence-electron chi connectivity index (χ3n) is 9.14. The second-order valence-electron chi connectivity index (χ2n) is 12.1. The van der Waals surface area contributed by atoms with Gasteiger partial charge in [-0.15, -0.1) is 0 Å². The Balaban J connectivity index is 1.34. The summed E-state index contributed by atoms with van der Waals surface area (Å²) >= 11 is 0. The topological polar surface area (TPSA) is 37.1 Å². The maximum Gasteiger partial charge on any atom is 0.0675 e. The third kappa shape index (κ3) is 5.00. The first kappa shape index (κ1) is 27.8. The zero-order valence-corrected chi connectivity index (χ0v) is 25.9. The highest BCUT2D eigenvalue weighted by molar-refractivity contribution is 6.17. The maximum absolute atomic E-state index is 5.30. The van der Waals surface area contributed by atoms with E-state index in [2.05, 4.69) is 159 Å². The largest absolute Gasteiger partial charge is 0.253 e. The molecule has 6 aromatic rings. The number of aryl methyl sites for hydroxylation is 1. The van der Waals surface area contributed by atoms with Crippen LogP contribution in [0.25, 0.3) is 0 Å². The smallest absolute Gasteiger partial charge is 0.0675 e. The molecule has 2 atom stereocenters. The van der Waals surface area contributed by atoms with E-state index in [-0.39, 0.29) is 11.8 Å². The highest BCUT2D eigenvalue weighted by atomic mass is 14.8. The van der Waals surface area contributed by atoms with Gasteiger partial charge >= 0.3 is 0 Å². The monoisotopic (exact) mass is 591 g/mol. The van der Waals surface area contributed by atoms with E-state index in [1.165, 1.54) is 22.3 Å². The van der Waals surface area contributed by atoms with Crippen LogP contribution in [0.5, 0.6) is 0 Å². The van der Waals surface area contributed by atoms with E-state index >= 15 is 0 Å². The van der Waals surface area contributed by atoms with Gasteiger partial charge in [0.25, 0.3) is 0 Å². The lowest BCUT2D eigenvalue weighted by molar-refractivity contribution is 1.11. The number of rotatable bonds is 6. The van der Waals surface area contributed by atoms with Crippen molar-refractivity contribution < 1.29 is 0 Å². The third-order valence-corrected chi connectivity index (χ3v) is 9.14. The van der Waals surface area contributed by atoms with Crippen LogP contribution in [0, 0.1) is 6.92 Å². The minimum atomic E-state index is 0.0294. The molecule has 0 spiro atoms. The average molecular weight is 592 g/mol. The highest BCUT2D eigenvalue weighted by Gasteiger charge is 2.33. The van der Waals surface area contributed by atoms with E-state index in [0.29, 0.717) is 0 Å². The van der Waals surface area contributed by atoms with Crippen molar-refractivity contribution in [2.45, 2.75) is 25.7 Å². The summed E-state index contributed by atoms with van der Waals surface area (Å²) in [5.74, 6) is 0.0588. The first-order chi connectivity index (χ1) is 22.6. The Morgan fingerprint density at radius 1 is 0.522 bits per heavy atom. The maximum atomic E-state index is 5.30. The summed E-state index contributed by atoms with van der Waals surface area (Å²) in [7, 11) is 0. The van der Waals surface area contributed by atoms with Crippen molar-refractivity contribution >= 4 is 34.2 Å². The molecule has 220 valence electrons. The molecule has 2 aliphatic rings. The summed E-state index contributed by atoms with van der Waals surface area (Å²) in [6, 6.07) is 53.6. The van der Waals surface area contributed by atoms with Crippen molar-refractivity contribution in [3.05, 3.63) is 196 Å². The molecule has 0 saturated heterocycles. The van der Waals surface area contributed by atoms with Gasteiger partial charge in [0, 0.05) is 5.71 Å². The van der Waals surface area contributed by atoms with Gasteiger partial charge in [-0.25, -0.2) is 0 Å². The summed E-state index contributed by atoms with van der Waals surface area (Å²) in [4.78, 5) is 15.7. The molecule has 6 aromatic carbocycles. The molecule has 2 aliphatic heterocycles. The van der Waals surface area contributed by atoms with E-state index in [9.17, 15) is 0 Å². The van der Waals surface area contributed by atoms with Gasteiger partial charge in [-0.05, 0) is 94.8 Å². The Morgan fingerprint density at radius 3 is 1.50 bits per heavy atom. The zero-order valence-electron chi connectivity index (χ0n) is 25.9. The fourth-order valence-electron chi connectivity index (χ4n) is 6.84.